The van der Waals surface area contributed by atoms with Crippen molar-refractivity contribution >= 4 is 34.6 Å². The van der Waals surface area contributed by atoms with Gasteiger partial charge in [-0.05, 0) is 42.0 Å². The summed E-state index contributed by atoms with van der Waals surface area (Å²) in [4.78, 5) is 0. The number of hydrogen-bond donors (Lipinski definition) is 2. The van der Waals surface area contributed by atoms with Crippen molar-refractivity contribution in [2.24, 2.45) is 0 Å². The molecule has 2 aromatic rings. The van der Waals surface area contributed by atoms with Crippen molar-refractivity contribution in [1.29, 1.82) is 0 Å². The fraction of sp³-hybridized carbons (Fsp3) is 0.188. The molecule has 2 aromatic carbocycles. The molecule has 0 atom stereocenters. The molecule has 4 nitrogen and oxygen atoms in total. The first-order chi connectivity index (χ1) is 10.6. The normalized spacial score (nSPS) is 9.95. The number of rotatable bonds is 5. The maximum Gasteiger partial charge on any atom is 0.171 e. The van der Waals surface area contributed by atoms with Gasteiger partial charge in [0.25, 0.3) is 0 Å². The van der Waals surface area contributed by atoms with Crippen LogP contribution in [0.4, 0.5) is 5.69 Å². The summed E-state index contributed by atoms with van der Waals surface area (Å²) in [5.41, 5.74) is 1.92. The number of benzene rings is 2. The third kappa shape index (κ3) is 4.51. The largest absolute Gasteiger partial charge is 0.493 e. The second-order valence-corrected chi connectivity index (χ2v) is 5.35. The number of anilines is 1. The van der Waals surface area contributed by atoms with Crippen LogP contribution in [-0.4, -0.2) is 19.3 Å². The van der Waals surface area contributed by atoms with Gasteiger partial charge in [0.05, 0.1) is 14.2 Å². The Hall–Kier alpha value is -1.98. The molecule has 0 heterocycles. The van der Waals surface area contributed by atoms with E-state index in [0.29, 0.717) is 23.2 Å². The van der Waals surface area contributed by atoms with Gasteiger partial charge in [-0.1, -0.05) is 23.7 Å². The van der Waals surface area contributed by atoms with E-state index in [4.69, 9.17) is 33.3 Å². The van der Waals surface area contributed by atoms with Crippen molar-refractivity contribution in [3.8, 4) is 11.5 Å². The summed E-state index contributed by atoms with van der Waals surface area (Å²) in [6, 6.07) is 13.1. The van der Waals surface area contributed by atoms with Gasteiger partial charge in [0.1, 0.15) is 0 Å². The summed E-state index contributed by atoms with van der Waals surface area (Å²) in [6.45, 7) is 0.621. The quantitative estimate of drug-likeness (QED) is 0.812. The highest BCUT2D eigenvalue weighted by atomic mass is 35.5. The summed E-state index contributed by atoms with van der Waals surface area (Å²) in [6.07, 6.45) is 0. The predicted molar refractivity (Wildman–Crippen MR) is 94.1 cm³/mol. The predicted octanol–water partition coefficient (Wildman–Crippen LogP) is 3.84. The fourth-order valence-electron chi connectivity index (χ4n) is 1.87. The molecule has 0 aliphatic rings. The highest BCUT2D eigenvalue weighted by Gasteiger charge is 2.05. The number of thiocarbonyl (C=S) groups is 1. The molecule has 22 heavy (non-hydrogen) atoms. The van der Waals surface area contributed by atoms with E-state index < -0.39 is 0 Å². The molecule has 0 bridgehead atoms. The topological polar surface area (TPSA) is 42.5 Å². The number of halogens is 1. The van der Waals surface area contributed by atoms with Crippen LogP contribution in [-0.2, 0) is 6.54 Å². The van der Waals surface area contributed by atoms with E-state index in [1.165, 1.54) is 0 Å². The third-order valence-corrected chi connectivity index (χ3v) is 3.51. The summed E-state index contributed by atoms with van der Waals surface area (Å²) in [7, 11) is 3.20. The Balaban J connectivity index is 1.93. The van der Waals surface area contributed by atoms with Crippen molar-refractivity contribution in [2.45, 2.75) is 6.54 Å². The highest BCUT2D eigenvalue weighted by Crippen LogP contribution is 2.29. The Morgan fingerprint density at radius 3 is 2.36 bits per heavy atom. The first-order valence-corrected chi connectivity index (χ1v) is 7.42. The van der Waals surface area contributed by atoms with Gasteiger partial charge in [-0.2, -0.15) is 0 Å². The second-order valence-electron chi connectivity index (χ2n) is 4.50. The van der Waals surface area contributed by atoms with E-state index in [2.05, 4.69) is 10.6 Å². The lowest BCUT2D eigenvalue weighted by molar-refractivity contribution is 0.355. The van der Waals surface area contributed by atoms with Crippen LogP contribution < -0.4 is 20.1 Å². The maximum absolute atomic E-state index is 5.85. The van der Waals surface area contributed by atoms with Gasteiger partial charge in [0, 0.05) is 23.3 Å². The van der Waals surface area contributed by atoms with Crippen LogP contribution >= 0.6 is 23.8 Å². The molecular weight excluding hydrogens is 320 g/mol. The van der Waals surface area contributed by atoms with Gasteiger partial charge in [0.15, 0.2) is 16.6 Å². The molecule has 2 N–H and O–H groups in total. The Morgan fingerprint density at radius 2 is 1.73 bits per heavy atom. The zero-order valence-corrected chi connectivity index (χ0v) is 13.9. The Labute approximate surface area is 140 Å². The lowest BCUT2D eigenvalue weighted by atomic mass is 10.2. The summed E-state index contributed by atoms with van der Waals surface area (Å²) in [5, 5.41) is 7.49. The van der Waals surface area contributed by atoms with Crippen LogP contribution in [0.1, 0.15) is 5.56 Å². The Morgan fingerprint density at radius 1 is 1.05 bits per heavy atom. The molecule has 0 aliphatic heterocycles. The van der Waals surface area contributed by atoms with Crippen LogP contribution in [0.2, 0.25) is 5.02 Å². The van der Waals surface area contributed by atoms with Crippen LogP contribution in [0.5, 0.6) is 11.5 Å². The van der Waals surface area contributed by atoms with Gasteiger partial charge < -0.3 is 20.1 Å². The standard InChI is InChI=1S/C16H17ClN2O2S/c1-20-14-8-7-13(9-15(14)21-2)19-16(22)18-10-11-3-5-12(17)6-4-11/h3-9H,10H2,1-2H3,(H2,18,19,22). The molecule has 0 saturated heterocycles. The fourth-order valence-corrected chi connectivity index (χ4v) is 2.19. The smallest absolute Gasteiger partial charge is 0.171 e. The summed E-state index contributed by atoms with van der Waals surface area (Å²) >= 11 is 11.1. The van der Waals surface area contributed by atoms with Crippen molar-refractivity contribution in [3.63, 3.8) is 0 Å². The first kappa shape index (κ1) is 16.4. The van der Waals surface area contributed by atoms with E-state index in [1.807, 2.05) is 42.5 Å². The zero-order chi connectivity index (χ0) is 15.9. The SMILES string of the molecule is COc1ccc(NC(=S)NCc2ccc(Cl)cc2)cc1OC. The van der Waals surface area contributed by atoms with Gasteiger partial charge in [0.2, 0.25) is 0 Å². The molecule has 2 rings (SSSR count). The van der Waals surface area contributed by atoms with E-state index in [0.717, 1.165) is 16.3 Å². The van der Waals surface area contributed by atoms with Crippen molar-refractivity contribution in [2.75, 3.05) is 19.5 Å². The van der Waals surface area contributed by atoms with E-state index in [1.54, 1.807) is 14.2 Å². The van der Waals surface area contributed by atoms with Crippen LogP contribution in [0.15, 0.2) is 42.5 Å². The Bertz CT molecular complexity index is 647. The number of ether oxygens (including phenoxy) is 2. The molecule has 0 amide bonds. The number of methoxy groups -OCH3 is 2. The average Bonchev–Trinajstić information content (AvgIpc) is 2.54. The Kier molecular flexibility index (Phi) is 5.86. The number of hydrogen-bond acceptors (Lipinski definition) is 3. The molecule has 0 aromatic heterocycles. The first-order valence-electron chi connectivity index (χ1n) is 6.63. The van der Waals surface area contributed by atoms with Crippen LogP contribution in [0, 0.1) is 0 Å². The molecule has 0 saturated carbocycles. The molecule has 0 radical (unpaired) electrons. The summed E-state index contributed by atoms with van der Waals surface area (Å²) < 4.78 is 10.5. The van der Waals surface area contributed by atoms with Gasteiger partial charge >= 0.3 is 0 Å². The van der Waals surface area contributed by atoms with E-state index in [-0.39, 0.29) is 0 Å². The average molecular weight is 337 g/mol. The van der Waals surface area contributed by atoms with E-state index >= 15 is 0 Å². The lowest BCUT2D eigenvalue weighted by Gasteiger charge is -2.13. The molecule has 6 heteroatoms. The highest BCUT2D eigenvalue weighted by molar-refractivity contribution is 7.80. The maximum atomic E-state index is 5.85. The second kappa shape index (κ2) is 7.87. The number of nitrogens with one attached hydrogen (secondary N) is 2. The van der Waals surface area contributed by atoms with Crippen molar-refractivity contribution in [3.05, 3.63) is 53.1 Å². The van der Waals surface area contributed by atoms with Crippen LogP contribution in [0.3, 0.4) is 0 Å². The minimum absolute atomic E-state index is 0.530. The van der Waals surface area contributed by atoms with Crippen molar-refractivity contribution in [1.82, 2.24) is 5.32 Å². The summed E-state index contributed by atoms with van der Waals surface area (Å²) in [5.74, 6) is 1.32. The van der Waals surface area contributed by atoms with E-state index in [9.17, 15) is 0 Å². The van der Waals surface area contributed by atoms with Crippen LogP contribution in [0.25, 0.3) is 0 Å². The van der Waals surface area contributed by atoms with Gasteiger partial charge in [-0.3, -0.25) is 0 Å². The molecule has 116 valence electrons. The lowest BCUT2D eigenvalue weighted by Crippen LogP contribution is -2.27. The molecule has 0 spiro atoms. The zero-order valence-electron chi connectivity index (χ0n) is 12.4. The molecule has 0 unspecified atom stereocenters. The minimum atomic E-state index is 0.530. The van der Waals surface area contributed by atoms with Crippen molar-refractivity contribution < 1.29 is 9.47 Å². The van der Waals surface area contributed by atoms with Gasteiger partial charge in [-0.15, -0.1) is 0 Å². The molecular formula is C16H17ClN2O2S. The van der Waals surface area contributed by atoms with Gasteiger partial charge in [-0.25, -0.2) is 0 Å². The molecule has 0 fully saturated rings. The third-order valence-electron chi connectivity index (χ3n) is 3.01. The monoisotopic (exact) mass is 336 g/mol. The minimum Gasteiger partial charge on any atom is -0.493 e. The molecule has 0 aliphatic carbocycles.